The van der Waals surface area contributed by atoms with Crippen molar-refractivity contribution < 1.29 is 9.72 Å². The van der Waals surface area contributed by atoms with E-state index in [0.717, 1.165) is 28.5 Å². The van der Waals surface area contributed by atoms with Gasteiger partial charge in [-0.1, -0.05) is 65.3 Å². The van der Waals surface area contributed by atoms with Crippen molar-refractivity contribution in [2.75, 3.05) is 0 Å². The topological polar surface area (TPSA) is 96.9 Å². The summed E-state index contributed by atoms with van der Waals surface area (Å²) in [7, 11) is 0. The summed E-state index contributed by atoms with van der Waals surface area (Å²) in [5.41, 5.74) is 4.38. The van der Waals surface area contributed by atoms with Crippen molar-refractivity contribution in [3.05, 3.63) is 105 Å². The second kappa shape index (κ2) is 9.87. The highest BCUT2D eigenvalue weighted by Crippen LogP contribution is 2.39. The lowest BCUT2D eigenvalue weighted by Gasteiger charge is -2.13. The summed E-state index contributed by atoms with van der Waals surface area (Å²) in [6.07, 6.45) is 0.561. The Morgan fingerprint density at radius 3 is 2.32 bits per heavy atom. The van der Waals surface area contributed by atoms with Gasteiger partial charge in [-0.05, 0) is 36.8 Å². The Bertz CT molecular complexity index is 1450. The van der Waals surface area contributed by atoms with Crippen LogP contribution in [0.3, 0.4) is 0 Å². The zero-order chi connectivity index (χ0) is 24.2. The zero-order valence-corrected chi connectivity index (χ0v) is 19.4. The Morgan fingerprint density at radius 2 is 1.71 bits per heavy atom. The molecule has 34 heavy (non-hydrogen) atoms. The van der Waals surface area contributed by atoms with E-state index in [4.69, 9.17) is 16.6 Å². The number of non-ortho nitro benzene ring substituents is 1. The number of carbonyl (C=O) groups is 1. The number of rotatable bonds is 6. The molecule has 0 fully saturated rings. The predicted octanol–water partition coefficient (Wildman–Crippen LogP) is 7.12. The summed E-state index contributed by atoms with van der Waals surface area (Å²) in [5.74, 6) is 0. The lowest BCUT2D eigenvalue weighted by atomic mass is 9.99. The smallest absolute Gasteiger partial charge is 0.270 e. The molecule has 4 aromatic rings. The largest absolute Gasteiger partial charge is 0.298 e. The van der Waals surface area contributed by atoms with Gasteiger partial charge in [-0.2, -0.15) is 5.26 Å². The molecule has 1 heterocycles. The Hall–Kier alpha value is -3.99. The number of carbonyl (C=O) groups excluding carboxylic acids is 1. The molecule has 0 N–H and O–H groups in total. The monoisotopic (exact) mass is 485 g/mol. The van der Waals surface area contributed by atoms with Gasteiger partial charge in [0.2, 0.25) is 0 Å². The van der Waals surface area contributed by atoms with Crippen LogP contribution in [0.15, 0.2) is 82.7 Å². The molecule has 0 spiro atoms. The zero-order valence-electron chi connectivity index (χ0n) is 17.9. The second-order valence-corrected chi connectivity index (χ2v) is 8.89. The van der Waals surface area contributed by atoms with Gasteiger partial charge in [0, 0.05) is 38.7 Å². The van der Waals surface area contributed by atoms with Crippen LogP contribution in [0.1, 0.15) is 21.5 Å². The molecule has 166 valence electrons. The molecule has 0 aliphatic heterocycles. The first-order chi connectivity index (χ1) is 16.4. The average molecular weight is 486 g/mol. The third-order valence-corrected chi connectivity index (χ3v) is 6.47. The van der Waals surface area contributed by atoms with Gasteiger partial charge in [-0.3, -0.25) is 14.9 Å². The number of aromatic nitrogens is 1. The molecule has 3 aromatic carbocycles. The molecular formula is C26H16ClN3O3S. The summed E-state index contributed by atoms with van der Waals surface area (Å²) in [5, 5.41) is 22.1. The number of nitro groups is 1. The minimum absolute atomic E-state index is 0.152. The SMILES string of the molecule is Cc1ccc(-c2cc(-c3ccc(Cl)cc3)c(C#N)c(Sc3ccc([N+](=O)[O-])cc3C=O)n2)cc1. The van der Waals surface area contributed by atoms with Crippen LogP contribution in [0, 0.1) is 28.4 Å². The Labute approximate surface area is 205 Å². The first kappa shape index (κ1) is 23.2. The van der Waals surface area contributed by atoms with E-state index in [1.807, 2.05) is 49.4 Å². The molecule has 6 nitrogen and oxygen atoms in total. The summed E-state index contributed by atoms with van der Waals surface area (Å²) < 4.78 is 0. The van der Waals surface area contributed by atoms with Crippen LogP contribution < -0.4 is 0 Å². The van der Waals surface area contributed by atoms with Gasteiger partial charge in [0.05, 0.1) is 16.2 Å². The Kier molecular flexibility index (Phi) is 6.73. The quantitative estimate of drug-likeness (QED) is 0.164. The van der Waals surface area contributed by atoms with Crippen LogP contribution in [0.5, 0.6) is 0 Å². The van der Waals surface area contributed by atoms with E-state index in [-0.39, 0.29) is 11.3 Å². The van der Waals surface area contributed by atoms with Gasteiger partial charge in [0.25, 0.3) is 5.69 Å². The van der Waals surface area contributed by atoms with E-state index < -0.39 is 4.92 Å². The number of nitriles is 1. The van der Waals surface area contributed by atoms with Crippen LogP contribution >= 0.6 is 23.4 Å². The van der Waals surface area contributed by atoms with Gasteiger partial charge in [-0.15, -0.1) is 0 Å². The van der Waals surface area contributed by atoms with Crippen LogP contribution in [0.4, 0.5) is 5.69 Å². The standard InChI is InChI=1S/C26H16ClN3O3S/c1-16-2-4-18(5-3-16)24-13-22(17-6-8-20(27)9-7-17)23(14-28)26(29-24)34-25-11-10-21(30(32)33)12-19(25)15-31/h2-13,15H,1H3. The predicted molar refractivity (Wildman–Crippen MR) is 132 cm³/mol. The summed E-state index contributed by atoms with van der Waals surface area (Å²) in [6, 6.07) is 23.1. The fraction of sp³-hybridized carbons (Fsp3) is 0.0385. The summed E-state index contributed by atoms with van der Waals surface area (Å²) in [6.45, 7) is 1.99. The molecule has 0 bridgehead atoms. The van der Waals surface area contributed by atoms with Crippen LogP contribution in [0.2, 0.25) is 5.02 Å². The van der Waals surface area contributed by atoms with Crippen molar-refractivity contribution in [1.82, 2.24) is 4.98 Å². The molecule has 0 saturated heterocycles. The van der Waals surface area contributed by atoms with Gasteiger partial charge >= 0.3 is 0 Å². The van der Waals surface area contributed by atoms with Gasteiger partial charge in [0.15, 0.2) is 6.29 Å². The van der Waals surface area contributed by atoms with Gasteiger partial charge < -0.3 is 0 Å². The number of hydrogen-bond donors (Lipinski definition) is 0. The third kappa shape index (κ3) is 4.84. The average Bonchev–Trinajstić information content (AvgIpc) is 2.84. The highest BCUT2D eigenvalue weighted by atomic mass is 35.5. The number of benzene rings is 3. The molecule has 0 atom stereocenters. The number of hydrogen-bond acceptors (Lipinski definition) is 6. The van der Waals surface area contributed by atoms with Crippen LogP contribution in [0.25, 0.3) is 22.4 Å². The maximum absolute atomic E-state index is 11.7. The molecule has 0 aliphatic carbocycles. The molecule has 0 saturated carbocycles. The minimum atomic E-state index is -0.558. The van der Waals surface area contributed by atoms with Crippen molar-refractivity contribution >= 4 is 35.3 Å². The van der Waals surface area contributed by atoms with Crippen molar-refractivity contribution in [1.29, 1.82) is 5.26 Å². The van der Waals surface area contributed by atoms with Crippen molar-refractivity contribution in [2.45, 2.75) is 16.8 Å². The first-order valence-corrected chi connectivity index (χ1v) is 11.3. The van der Waals surface area contributed by atoms with Gasteiger partial charge in [-0.25, -0.2) is 4.98 Å². The molecule has 0 radical (unpaired) electrons. The lowest BCUT2D eigenvalue weighted by Crippen LogP contribution is -1.97. The number of nitrogens with zero attached hydrogens (tertiary/aromatic N) is 3. The van der Waals surface area contributed by atoms with Crippen molar-refractivity contribution in [2.24, 2.45) is 0 Å². The van der Waals surface area contributed by atoms with Crippen molar-refractivity contribution in [3.8, 4) is 28.5 Å². The molecule has 4 rings (SSSR count). The number of aldehydes is 1. The molecule has 0 unspecified atom stereocenters. The molecule has 8 heteroatoms. The number of halogens is 1. The van der Waals surface area contributed by atoms with E-state index in [0.29, 0.717) is 38.1 Å². The third-order valence-electron chi connectivity index (χ3n) is 5.14. The van der Waals surface area contributed by atoms with E-state index >= 15 is 0 Å². The Morgan fingerprint density at radius 1 is 1.03 bits per heavy atom. The molecule has 0 amide bonds. The maximum Gasteiger partial charge on any atom is 0.270 e. The van der Waals surface area contributed by atoms with E-state index in [1.54, 1.807) is 12.1 Å². The Balaban J connectivity index is 1.91. The van der Waals surface area contributed by atoms with Crippen LogP contribution in [-0.2, 0) is 0 Å². The molecule has 0 aliphatic rings. The fourth-order valence-electron chi connectivity index (χ4n) is 3.37. The van der Waals surface area contributed by atoms with E-state index in [9.17, 15) is 20.2 Å². The fourth-order valence-corrected chi connectivity index (χ4v) is 4.47. The highest BCUT2D eigenvalue weighted by molar-refractivity contribution is 7.99. The van der Waals surface area contributed by atoms with Crippen molar-refractivity contribution in [3.63, 3.8) is 0 Å². The van der Waals surface area contributed by atoms with E-state index in [2.05, 4.69) is 6.07 Å². The van der Waals surface area contributed by atoms with Crippen LogP contribution in [-0.4, -0.2) is 16.2 Å². The summed E-state index contributed by atoms with van der Waals surface area (Å²) in [4.78, 5) is 27.4. The first-order valence-electron chi connectivity index (χ1n) is 10.1. The highest BCUT2D eigenvalue weighted by Gasteiger charge is 2.19. The van der Waals surface area contributed by atoms with E-state index in [1.165, 1.54) is 18.2 Å². The summed E-state index contributed by atoms with van der Waals surface area (Å²) >= 11 is 7.18. The second-order valence-electron chi connectivity index (χ2n) is 7.42. The van der Waals surface area contributed by atoms with Gasteiger partial charge in [0.1, 0.15) is 11.1 Å². The molecule has 1 aromatic heterocycles. The number of pyridine rings is 1. The maximum atomic E-state index is 11.7. The molecular weight excluding hydrogens is 470 g/mol. The number of nitro benzene ring substituents is 1. The normalized spacial score (nSPS) is 10.5. The number of aryl methyl sites for hydroxylation is 1. The lowest BCUT2D eigenvalue weighted by molar-refractivity contribution is -0.384. The minimum Gasteiger partial charge on any atom is -0.298 e.